The summed E-state index contributed by atoms with van der Waals surface area (Å²) in [5.74, 6) is 0.421. The van der Waals surface area contributed by atoms with Crippen molar-refractivity contribution >= 4 is 13.9 Å². The van der Waals surface area contributed by atoms with E-state index in [1.807, 2.05) is 39.0 Å². The molecule has 3 atom stereocenters. The van der Waals surface area contributed by atoms with Gasteiger partial charge in [0.25, 0.3) is 0 Å². The van der Waals surface area contributed by atoms with Gasteiger partial charge >= 0.3 is 6.18 Å². The van der Waals surface area contributed by atoms with Crippen molar-refractivity contribution in [3.05, 3.63) is 59.2 Å². The molecule has 0 saturated carbocycles. The SMILES string of the molecule is CCC(C)c1cccc(C(C)(CC)Pc2ccccc2C(F)(F)F)c1O. The van der Waals surface area contributed by atoms with Crippen LogP contribution in [-0.4, -0.2) is 5.11 Å². The van der Waals surface area contributed by atoms with Crippen LogP contribution >= 0.6 is 8.58 Å². The fourth-order valence-electron chi connectivity index (χ4n) is 3.11. The van der Waals surface area contributed by atoms with Gasteiger partial charge in [-0.25, -0.2) is 0 Å². The van der Waals surface area contributed by atoms with Crippen LogP contribution in [0.4, 0.5) is 13.2 Å². The van der Waals surface area contributed by atoms with Gasteiger partial charge in [0.05, 0.1) is 5.56 Å². The number of para-hydroxylation sites is 1. The number of phenols is 1. The molecule has 0 radical (unpaired) electrons. The maximum atomic E-state index is 13.4. The lowest BCUT2D eigenvalue weighted by atomic mass is 9.89. The molecule has 1 N–H and O–H groups in total. The van der Waals surface area contributed by atoms with E-state index in [1.165, 1.54) is 6.07 Å². The molecule has 2 aromatic carbocycles. The standard InChI is InChI=1S/C21H26F3OP/c1-5-14(3)15-10-9-12-17(19(15)25)20(4,6-2)26-18-13-8-7-11-16(18)21(22,23)24/h7-14,25-26H,5-6H2,1-4H3. The molecule has 0 saturated heterocycles. The van der Waals surface area contributed by atoms with Crippen LogP contribution in [-0.2, 0) is 11.3 Å². The van der Waals surface area contributed by atoms with Gasteiger partial charge in [0.2, 0.25) is 0 Å². The molecule has 0 spiro atoms. The number of halogens is 3. The fourth-order valence-corrected chi connectivity index (χ4v) is 4.75. The largest absolute Gasteiger partial charge is 0.507 e. The van der Waals surface area contributed by atoms with Crippen LogP contribution in [0.15, 0.2) is 42.5 Å². The highest BCUT2D eigenvalue weighted by molar-refractivity contribution is 7.48. The Kier molecular flexibility index (Phi) is 6.39. The number of benzene rings is 2. The molecule has 0 heterocycles. The predicted molar refractivity (Wildman–Crippen MR) is 104 cm³/mol. The molecule has 1 nitrogen and oxygen atoms in total. The Balaban J connectivity index is 2.52. The smallest absolute Gasteiger partial charge is 0.417 e. The van der Waals surface area contributed by atoms with E-state index in [-0.39, 0.29) is 25.6 Å². The second-order valence-corrected chi connectivity index (χ2v) is 8.80. The number of alkyl halides is 3. The monoisotopic (exact) mass is 382 g/mol. The van der Waals surface area contributed by atoms with Gasteiger partial charge in [-0.15, -0.1) is 0 Å². The highest BCUT2D eigenvalue weighted by Gasteiger charge is 2.36. The number of hydrogen-bond donors (Lipinski definition) is 1. The zero-order valence-corrected chi connectivity index (χ0v) is 16.6. The van der Waals surface area contributed by atoms with Crippen LogP contribution < -0.4 is 5.30 Å². The number of phenolic OH excluding ortho intramolecular Hbond substituents is 1. The lowest BCUT2D eigenvalue weighted by Gasteiger charge is -2.32. The first-order valence-electron chi connectivity index (χ1n) is 8.90. The quantitative estimate of drug-likeness (QED) is 0.562. The average Bonchev–Trinajstić information content (AvgIpc) is 2.60. The van der Waals surface area contributed by atoms with Crippen molar-refractivity contribution in [1.82, 2.24) is 0 Å². The summed E-state index contributed by atoms with van der Waals surface area (Å²) in [4.78, 5) is 0. The minimum atomic E-state index is -4.38. The number of rotatable bonds is 6. The summed E-state index contributed by atoms with van der Waals surface area (Å²) >= 11 is 0. The molecule has 5 heteroatoms. The topological polar surface area (TPSA) is 20.2 Å². The second-order valence-electron chi connectivity index (χ2n) is 6.91. The van der Waals surface area contributed by atoms with Gasteiger partial charge < -0.3 is 5.11 Å². The Bertz CT molecular complexity index is 757. The third kappa shape index (κ3) is 4.23. The predicted octanol–water partition coefficient (Wildman–Crippen LogP) is 6.55. The molecule has 0 bridgehead atoms. The van der Waals surface area contributed by atoms with Crippen LogP contribution in [0.5, 0.6) is 5.75 Å². The van der Waals surface area contributed by atoms with E-state index in [2.05, 4.69) is 6.92 Å². The fraction of sp³-hybridized carbons (Fsp3) is 0.429. The van der Waals surface area contributed by atoms with Gasteiger partial charge in [-0.3, -0.25) is 0 Å². The van der Waals surface area contributed by atoms with Crippen molar-refractivity contribution in [1.29, 1.82) is 0 Å². The molecule has 0 aromatic heterocycles. The van der Waals surface area contributed by atoms with E-state index in [9.17, 15) is 18.3 Å². The first kappa shape index (κ1) is 20.8. The molecule has 0 fully saturated rings. The molecule has 3 unspecified atom stereocenters. The molecule has 142 valence electrons. The van der Waals surface area contributed by atoms with Crippen molar-refractivity contribution in [3.63, 3.8) is 0 Å². The Morgan fingerprint density at radius 2 is 1.62 bits per heavy atom. The van der Waals surface area contributed by atoms with Crippen molar-refractivity contribution in [2.45, 2.75) is 57.8 Å². The van der Waals surface area contributed by atoms with E-state index in [0.29, 0.717) is 6.42 Å². The Morgan fingerprint density at radius 3 is 2.19 bits per heavy atom. The lowest BCUT2D eigenvalue weighted by Crippen LogP contribution is -2.23. The van der Waals surface area contributed by atoms with E-state index in [1.54, 1.807) is 12.1 Å². The highest BCUT2D eigenvalue weighted by atomic mass is 31.1. The average molecular weight is 382 g/mol. The second kappa shape index (κ2) is 8.00. The third-order valence-electron chi connectivity index (χ3n) is 5.16. The molecule has 0 aliphatic rings. The summed E-state index contributed by atoms with van der Waals surface area (Å²) in [5, 5.41) is 10.6. The highest BCUT2D eigenvalue weighted by Crippen LogP contribution is 2.49. The Labute approximate surface area is 155 Å². The molecule has 2 rings (SSSR count). The lowest BCUT2D eigenvalue weighted by molar-refractivity contribution is -0.136. The van der Waals surface area contributed by atoms with Crippen LogP contribution in [0.1, 0.15) is 63.1 Å². The van der Waals surface area contributed by atoms with E-state index in [4.69, 9.17) is 0 Å². The molecule has 0 aliphatic heterocycles. The van der Waals surface area contributed by atoms with Crippen LogP contribution in [0.3, 0.4) is 0 Å². The first-order chi connectivity index (χ1) is 12.1. The Hall–Kier alpha value is -1.54. The first-order valence-corrected chi connectivity index (χ1v) is 9.90. The van der Waals surface area contributed by atoms with Crippen molar-refractivity contribution in [3.8, 4) is 5.75 Å². The van der Waals surface area contributed by atoms with Crippen LogP contribution in [0, 0.1) is 0 Å². The van der Waals surface area contributed by atoms with Crippen molar-refractivity contribution < 1.29 is 18.3 Å². The Morgan fingerprint density at radius 1 is 1.00 bits per heavy atom. The zero-order chi connectivity index (χ0) is 19.5. The van der Waals surface area contributed by atoms with E-state index < -0.39 is 16.9 Å². The molecule has 0 amide bonds. The summed E-state index contributed by atoms with van der Waals surface area (Å²) < 4.78 is 40.1. The zero-order valence-electron chi connectivity index (χ0n) is 15.6. The van der Waals surface area contributed by atoms with Crippen molar-refractivity contribution in [2.75, 3.05) is 0 Å². The molecule has 26 heavy (non-hydrogen) atoms. The molecular weight excluding hydrogens is 356 g/mol. The van der Waals surface area contributed by atoms with Gasteiger partial charge in [0, 0.05) is 10.7 Å². The van der Waals surface area contributed by atoms with Gasteiger partial charge in [-0.2, -0.15) is 13.2 Å². The van der Waals surface area contributed by atoms with Gasteiger partial charge in [-0.1, -0.05) is 72.7 Å². The van der Waals surface area contributed by atoms with Gasteiger partial charge in [0.1, 0.15) is 5.75 Å². The van der Waals surface area contributed by atoms with E-state index >= 15 is 0 Å². The molecular formula is C21H26F3OP. The maximum absolute atomic E-state index is 13.4. The maximum Gasteiger partial charge on any atom is 0.417 e. The number of aromatic hydroxyl groups is 1. The molecule has 2 aromatic rings. The minimum Gasteiger partial charge on any atom is -0.507 e. The molecule has 0 aliphatic carbocycles. The summed E-state index contributed by atoms with van der Waals surface area (Å²) in [5.41, 5.74) is 1.00. The summed E-state index contributed by atoms with van der Waals surface area (Å²) in [7, 11) is -0.0947. The minimum absolute atomic E-state index is 0.0947. The number of hydrogen-bond acceptors (Lipinski definition) is 1. The van der Waals surface area contributed by atoms with Crippen molar-refractivity contribution in [2.24, 2.45) is 0 Å². The third-order valence-corrected chi connectivity index (χ3v) is 7.04. The van der Waals surface area contributed by atoms with Crippen LogP contribution in [0.25, 0.3) is 0 Å². The van der Waals surface area contributed by atoms with Gasteiger partial charge in [0.15, 0.2) is 0 Å². The van der Waals surface area contributed by atoms with Gasteiger partial charge in [-0.05, 0) is 35.7 Å². The van der Waals surface area contributed by atoms with E-state index in [0.717, 1.165) is 23.6 Å². The summed E-state index contributed by atoms with van der Waals surface area (Å²) in [6.45, 7) is 7.99. The summed E-state index contributed by atoms with van der Waals surface area (Å²) in [6.07, 6.45) is -2.85. The van der Waals surface area contributed by atoms with Crippen LogP contribution in [0.2, 0.25) is 0 Å². The normalized spacial score (nSPS) is 16.0. The summed E-state index contributed by atoms with van der Waals surface area (Å²) in [6, 6.07) is 11.4.